The van der Waals surface area contributed by atoms with Gasteiger partial charge in [0.2, 0.25) is 5.75 Å². The molecule has 0 bridgehead atoms. The molecule has 3 rings (SSSR count). The second kappa shape index (κ2) is 11.6. The van der Waals surface area contributed by atoms with E-state index in [9.17, 15) is 4.79 Å². The first-order valence-corrected chi connectivity index (χ1v) is 10.6. The van der Waals surface area contributed by atoms with Crippen molar-refractivity contribution < 1.29 is 23.7 Å². The molecule has 0 radical (unpaired) electrons. The van der Waals surface area contributed by atoms with E-state index in [1.54, 1.807) is 58.9 Å². The minimum Gasteiger partial charge on any atom is -0.494 e. The number of rotatable bonds is 10. The number of ether oxygens (including phenoxy) is 4. The van der Waals surface area contributed by atoms with E-state index in [-0.39, 0.29) is 12.2 Å². The summed E-state index contributed by atoms with van der Waals surface area (Å²) in [4.78, 5) is 16.8. The molecule has 0 saturated heterocycles. The largest absolute Gasteiger partial charge is 0.494 e. The Labute approximate surface area is 199 Å². The van der Waals surface area contributed by atoms with Gasteiger partial charge in [0.05, 0.1) is 28.4 Å². The number of aliphatic imine (C=N–C) groups is 1. The van der Waals surface area contributed by atoms with Crippen molar-refractivity contribution in [3.63, 3.8) is 0 Å². The van der Waals surface area contributed by atoms with Crippen LogP contribution in [0.5, 0.6) is 23.0 Å². The quantitative estimate of drug-likeness (QED) is 0.187. The highest BCUT2D eigenvalue weighted by atomic mass is 16.5. The summed E-state index contributed by atoms with van der Waals surface area (Å²) in [7, 11) is 6.31. The van der Waals surface area contributed by atoms with Gasteiger partial charge < -0.3 is 24.7 Å². The number of benzene rings is 3. The van der Waals surface area contributed by atoms with E-state index in [0.717, 1.165) is 11.1 Å². The summed E-state index contributed by atoms with van der Waals surface area (Å²) in [5.74, 6) is 2.26. The Balaban J connectivity index is 1.80. The number of nitrogen functional groups attached to an aromatic ring is 1. The lowest BCUT2D eigenvalue weighted by molar-refractivity contribution is 0.100. The second-order valence-electron chi connectivity index (χ2n) is 7.28. The van der Waals surface area contributed by atoms with Crippen molar-refractivity contribution in [2.45, 2.75) is 6.42 Å². The Kier molecular flexibility index (Phi) is 8.29. The van der Waals surface area contributed by atoms with E-state index in [1.807, 2.05) is 42.5 Å². The van der Waals surface area contributed by atoms with Crippen LogP contribution in [0.4, 0.5) is 11.4 Å². The molecule has 3 aromatic rings. The number of hydrogen-bond donors (Lipinski definition) is 1. The Hall–Kier alpha value is -4.26. The van der Waals surface area contributed by atoms with Crippen LogP contribution in [-0.4, -0.2) is 40.4 Å². The Bertz CT molecular complexity index is 1180. The van der Waals surface area contributed by atoms with Gasteiger partial charge in [-0.05, 0) is 59.7 Å². The van der Waals surface area contributed by atoms with Crippen molar-refractivity contribution >= 4 is 35.5 Å². The Morgan fingerprint density at radius 3 is 2.00 bits per heavy atom. The number of ketones is 1. The van der Waals surface area contributed by atoms with Crippen molar-refractivity contribution in [3.8, 4) is 23.0 Å². The highest BCUT2D eigenvalue weighted by Crippen LogP contribution is 2.38. The van der Waals surface area contributed by atoms with E-state index in [1.165, 1.54) is 0 Å². The number of carbonyl (C=O) groups is 1. The predicted molar refractivity (Wildman–Crippen MR) is 136 cm³/mol. The molecule has 0 atom stereocenters. The number of anilines is 1. The predicted octanol–water partition coefficient (Wildman–Crippen LogP) is 5.45. The van der Waals surface area contributed by atoms with Gasteiger partial charge in [-0.3, -0.25) is 9.79 Å². The van der Waals surface area contributed by atoms with E-state index < -0.39 is 0 Å². The molecular weight excluding hydrogens is 432 g/mol. The zero-order valence-corrected chi connectivity index (χ0v) is 19.7. The summed E-state index contributed by atoms with van der Waals surface area (Å²) in [5, 5.41) is 0. The lowest BCUT2D eigenvalue weighted by Crippen LogP contribution is -1.99. The summed E-state index contributed by atoms with van der Waals surface area (Å²) in [6, 6.07) is 16.2. The minimum absolute atomic E-state index is 0.0406. The van der Waals surface area contributed by atoms with Crippen molar-refractivity contribution in [1.82, 2.24) is 0 Å². The molecule has 0 amide bonds. The number of nitrogens with two attached hydrogens (primary N) is 1. The maximum atomic E-state index is 12.4. The molecule has 0 saturated carbocycles. The topological polar surface area (TPSA) is 92.4 Å². The van der Waals surface area contributed by atoms with Gasteiger partial charge in [0.15, 0.2) is 17.3 Å². The van der Waals surface area contributed by atoms with Crippen LogP contribution < -0.4 is 24.7 Å². The molecule has 0 unspecified atom stereocenters. The van der Waals surface area contributed by atoms with Crippen molar-refractivity contribution in [2.75, 3.05) is 34.2 Å². The van der Waals surface area contributed by atoms with Gasteiger partial charge >= 0.3 is 0 Å². The van der Waals surface area contributed by atoms with E-state index in [0.29, 0.717) is 39.9 Å². The fraction of sp³-hybridized carbons (Fsp3) is 0.185. The molecule has 0 aromatic heterocycles. The lowest BCUT2D eigenvalue weighted by atomic mass is 10.1. The number of Topliss-reactive ketones (excluding diaryl/α,β-unsaturated/α-hetero) is 1. The van der Waals surface area contributed by atoms with E-state index in [4.69, 9.17) is 24.7 Å². The molecule has 2 N–H and O–H groups in total. The summed E-state index contributed by atoms with van der Waals surface area (Å²) in [6.07, 6.45) is 5.63. The van der Waals surface area contributed by atoms with Gasteiger partial charge in [-0.2, -0.15) is 0 Å². The SMILES string of the molecule is COc1ccc(/C=C\c2cc(OC)c(OC)c(OC)c2)cc1N=CCC(=O)c1ccc(N)cc1. The highest BCUT2D eigenvalue weighted by molar-refractivity contribution is 6.04. The van der Waals surface area contributed by atoms with E-state index >= 15 is 0 Å². The first kappa shape index (κ1) is 24.4. The average molecular weight is 461 g/mol. The minimum atomic E-state index is -0.0406. The normalized spacial score (nSPS) is 11.1. The maximum absolute atomic E-state index is 12.4. The summed E-state index contributed by atoms with van der Waals surface area (Å²) in [6.45, 7) is 0. The van der Waals surface area contributed by atoms with Crippen LogP contribution in [0.25, 0.3) is 12.2 Å². The van der Waals surface area contributed by atoms with Crippen LogP contribution >= 0.6 is 0 Å². The fourth-order valence-corrected chi connectivity index (χ4v) is 3.32. The smallest absolute Gasteiger partial charge is 0.203 e. The van der Waals surface area contributed by atoms with Crippen LogP contribution in [0.3, 0.4) is 0 Å². The summed E-state index contributed by atoms with van der Waals surface area (Å²) >= 11 is 0. The third-order valence-corrected chi connectivity index (χ3v) is 5.10. The number of hydrogen-bond acceptors (Lipinski definition) is 7. The zero-order chi connectivity index (χ0) is 24.5. The molecule has 0 aliphatic heterocycles. The molecule has 176 valence electrons. The van der Waals surface area contributed by atoms with Crippen LogP contribution in [0.15, 0.2) is 59.6 Å². The molecule has 3 aromatic carbocycles. The van der Waals surface area contributed by atoms with Crippen LogP contribution in [0.2, 0.25) is 0 Å². The van der Waals surface area contributed by atoms with Crippen molar-refractivity contribution in [1.29, 1.82) is 0 Å². The van der Waals surface area contributed by atoms with Crippen LogP contribution in [0, 0.1) is 0 Å². The molecule has 0 heterocycles. The third kappa shape index (κ3) is 5.95. The van der Waals surface area contributed by atoms with E-state index in [2.05, 4.69) is 4.99 Å². The number of carbonyl (C=O) groups excluding carboxylic acids is 1. The van der Waals surface area contributed by atoms with Gasteiger partial charge in [0, 0.05) is 23.9 Å². The molecule has 0 aliphatic carbocycles. The van der Waals surface area contributed by atoms with Gasteiger partial charge in [0.25, 0.3) is 0 Å². The third-order valence-electron chi connectivity index (χ3n) is 5.10. The standard InChI is InChI=1S/C27H28N2O5/c1-31-24-12-7-18(5-6-19-16-25(32-2)27(34-4)26(17-19)33-3)15-22(24)29-14-13-23(30)20-8-10-21(28)11-9-20/h5-12,14-17H,13,28H2,1-4H3/b6-5-,29-14?. The van der Waals surface area contributed by atoms with Crippen LogP contribution in [0.1, 0.15) is 27.9 Å². The van der Waals surface area contributed by atoms with Crippen molar-refractivity contribution in [2.24, 2.45) is 4.99 Å². The second-order valence-corrected chi connectivity index (χ2v) is 7.28. The first-order chi connectivity index (χ1) is 16.5. The maximum Gasteiger partial charge on any atom is 0.203 e. The Morgan fingerprint density at radius 2 is 1.41 bits per heavy atom. The molecule has 0 spiro atoms. The van der Waals surface area contributed by atoms with Gasteiger partial charge in [-0.1, -0.05) is 18.2 Å². The number of nitrogens with zero attached hydrogens (tertiary/aromatic N) is 1. The molecule has 7 nitrogen and oxygen atoms in total. The summed E-state index contributed by atoms with van der Waals surface area (Å²) < 4.78 is 21.6. The lowest BCUT2D eigenvalue weighted by Gasteiger charge is -2.12. The Morgan fingerprint density at radius 1 is 0.794 bits per heavy atom. The monoisotopic (exact) mass is 460 g/mol. The fourth-order valence-electron chi connectivity index (χ4n) is 3.32. The van der Waals surface area contributed by atoms with Gasteiger partial charge in [0.1, 0.15) is 11.4 Å². The molecule has 7 heteroatoms. The molecule has 0 fully saturated rings. The number of methoxy groups -OCH3 is 4. The molecule has 34 heavy (non-hydrogen) atoms. The van der Waals surface area contributed by atoms with Crippen molar-refractivity contribution in [3.05, 3.63) is 71.3 Å². The van der Waals surface area contributed by atoms with Crippen LogP contribution in [-0.2, 0) is 0 Å². The summed E-state index contributed by atoms with van der Waals surface area (Å²) in [5.41, 5.74) is 9.30. The average Bonchev–Trinajstić information content (AvgIpc) is 2.87. The van der Waals surface area contributed by atoms with Gasteiger partial charge in [-0.15, -0.1) is 0 Å². The zero-order valence-electron chi connectivity index (χ0n) is 19.7. The van der Waals surface area contributed by atoms with Gasteiger partial charge in [-0.25, -0.2) is 0 Å². The highest BCUT2D eigenvalue weighted by Gasteiger charge is 2.12. The molecular formula is C27H28N2O5. The first-order valence-electron chi connectivity index (χ1n) is 10.6. The molecule has 0 aliphatic rings.